The number of carbonyl (C=O) groups excluding carboxylic acids is 1. The molecule has 1 aliphatic carbocycles. The molecule has 2 unspecified atom stereocenters. The molecule has 3 N–H and O–H groups in total. The highest BCUT2D eigenvalue weighted by Gasteiger charge is 2.26. The van der Waals surface area contributed by atoms with Gasteiger partial charge >= 0.3 is 6.03 Å². The molecule has 2 amide bonds. The zero-order valence-corrected chi connectivity index (χ0v) is 11.7. The maximum atomic E-state index is 12.1. The summed E-state index contributed by atoms with van der Waals surface area (Å²) in [6, 6.07) is 5.24. The van der Waals surface area contributed by atoms with Crippen molar-refractivity contribution in [1.82, 2.24) is 19.9 Å². The van der Waals surface area contributed by atoms with Gasteiger partial charge in [-0.15, -0.1) is 10.2 Å². The third kappa shape index (κ3) is 2.97. The highest BCUT2D eigenvalue weighted by Crippen LogP contribution is 2.24. The average Bonchev–Trinajstić information content (AvgIpc) is 2.91. The maximum absolute atomic E-state index is 12.1. The second kappa shape index (κ2) is 6.09. The molecule has 0 radical (unpaired) electrons. The molecule has 7 heteroatoms. The molecule has 2 aromatic heterocycles. The van der Waals surface area contributed by atoms with E-state index in [1.54, 1.807) is 10.6 Å². The third-order valence-electron chi connectivity index (χ3n) is 4.00. The maximum Gasteiger partial charge on any atom is 0.321 e. The van der Waals surface area contributed by atoms with E-state index in [4.69, 9.17) is 0 Å². The second-order valence-corrected chi connectivity index (χ2v) is 5.38. The molecule has 0 saturated heterocycles. The Bertz CT molecular complexity index is 627. The summed E-state index contributed by atoms with van der Waals surface area (Å²) in [7, 11) is 0. The van der Waals surface area contributed by atoms with Gasteiger partial charge in [0.1, 0.15) is 0 Å². The van der Waals surface area contributed by atoms with Gasteiger partial charge in [0.15, 0.2) is 5.65 Å². The van der Waals surface area contributed by atoms with E-state index >= 15 is 0 Å². The Hall–Kier alpha value is -2.15. The normalized spacial score (nSPS) is 22.1. The first-order chi connectivity index (χ1) is 10.3. The summed E-state index contributed by atoms with van der Waals surface area (Å²) in [5.74, 6) is 0.527. The van der Waals surface area contributed by atoms with Crippen LogP contribution >= 0.6 is 0 Å². The number of anilines is 1. The first kappa shape index (κ1) is 13.8. The Morgan fingerprint density at radius 3 is 3.05 bits per heavy atom. The Balaban J connectivity index is 1.66. The smallest absolute Gasteiger partial charge is 0.321 e. The van der Waals surface area contributed by atoms with E-state index in [1.807, 2.05) is 18.2 Å². The minimum absolute atomic E-state index is 0.0166. The van der Waals surface area contributed by atoms with Crippen molar-refractivity contribution < 1.29 is 9.90 Å². The standard InChI is InChI=1S/C14H19N5O2/c20-9-10-5-1-2-6-11(10)15-14(21)16-13-18-17-12-7-3-4-8-19(12)13/h3-4,7-8,10-11,20H,1-2,5-6,9H2,(H2,15,16,18,21). The Kier molecular flexibility index (Phi) is 4.01. The number of carbonyl (C=O) groups is 1. The van der Waals surface area contributed by atoms with Crippen molar-refractivity contribution in [3.8, 4) is 0 Å². The van der Waals surface area contributed by atoms with Gasteiger partial charge in [0, 0.05) is 24.8 Å². The molecule has 1 aliphatic rings. The SMILES string of the molecule is O=C(Nc1nnc2ccccn12)NC1CCCCC1CO. The molecule has 3 rings (SSSR count). The zero-order valence-electron chi connectivity index (χ0n) is 11.7. The van der Waals surface area contributed by atoms with Crippen molar-refractivity contribution in [2.45, 2.75) is 31.7 Å². The molecule has 0 spiro atoms. The van der Waals surface area contributed by atoms with Crippen LogP contribution in [0.2, 0.25) is 0 Å². The second-order valence-electron chi connectivity index (χ2n) is 5.38. The van der Waals surface area contributed by atoms with Crippen molar-refractivity contribution >= 4 is 17.6 Å². The highest BCUT2D eigenvalue weighted by atomic mass is 16.3. The van der Waals surface area contributed by atoms with Gasteiger partial charge in [0.05, 0.1) is 0 Å². The van der Waals surface area contributed by atoms with Crippen LogP contribution in [0.5, 0.6) is 0 Å². The Morgan fingerprint density at radius 2 is 2.19 bits per heavy atom. The van der Waals surface area contributed by atoms with Gasteiger partial charge in [-0.25, -0.2) is 4.79 Å². The lowest BCUT2D eigenvalue weighted by Gasteiger charge is -2.30. The van der Waals surface area contributed by atoms with Gasteiger partial charge in [-0.05, 0) is 25.0 Å². The van der Waals surface area contributed by atoms with Crippen LogP contribution in [0.4, 0.5) is 10.7 Å². The average molecular weight is 289 g/mol. The van der Waals surface area contributed by atoms with Crippen LogP contribution in [0.15, 0.2) is 24.4 Å². The quantitative estimate of drug-likeness (QED) is 0.796. The molecular formula is C14H19N5O2. The van der Waals surface area contributed by atoms with Crippen molar-refractivity contribution in [1.29, 1.82) is 0 Å². The number of hydrogen-bond donors (Lipinski definition) is 3. The number of aromatic nitrogens is 3. The van der Waals surface area contributed by atoms with Gasteiger partial charge in [-0.1, -0.05) is 18.9 Å². The summed E-state index contributed by atoms with van der Waals surface area (Å²) in [6.07, 6.45) is 5.84. The fourth-order valence-electron chi connectivity index (χ4n) is 2.85. The van der Waals surface area contributed by atoms with Gasteiger partial charge < -0.3 is 10.4 Å². The minimum atomic E-state index is -0.307. The van der Waals surface area contributed by atoms with Gasteiger partial charge in [0.25, 0.3) is 0 Å². The molecule has 2 heterocycles. The predicted octanol–water partition coefficient (Wildman–Crippen LogP) is 1.40. The van der Waals surface area contributed by atoms with E-state index in [1.165, 1.54) is 0 Å². The molecular weight excluding hydrogens is 270 g/mol. The van der Waals surface area contributed by atoms with Crippen LogP contribution in [-0.2, 0) is 0 Å². The molecule has 0 aromatic carbocycles. The van der Waals surface area contributed by atoms with Gasteiger partial charge in [0.2, 0.25) is 5.95 Å². The summed E-state index contributed by atoms with van der Waals surface area (Å²) in [4.78, 5) is 12.1. The summed E-state index contributed by atoms with van der Waals surface area (Å²) in [5, 5.41) is 23.0. The van der Waals surface area contributed by atoms with Crippen LogP contribution in [-0.4, -0.2) is 38.4 Å². The van der Waals surface area contributed by atoms with Gasteiger partial charge in [-0.3, -0.25) is 9.72 Å². The fourth-order valence-corrected chi connectivity index (χ4v) is 2.85. The van der Waals surface area contributed by atoms with E-state index < -0.39 is 0 Å². The molecule has 2 atom stereocenters. The van der Waals surface area contributed by atoms with E-state index in [9.17, 15) is 9.90 Å². The summed E-state index contributed by atoms with van der Waals surface area (Å²) < 4.78 is 1.71. The van der Waals surface area contributed by atoms with Crippen LogP contribution in [0.25, 0.3) is 5.65 Å². The zero-order chi connectivity index (χ0) is 14.7. The highest BCUT2D eigenvalue weighted by molar-refractivity contribution is 5.88. The summed E-state index contributed by atoms with van der Waals surface area (Å²) >= 11 is 0. The Labute approximate surface area is 122 Å². The number of nitrogens with one attached hydrogen (secondary N) is 2. The molecule has 21 heavy (non-hydrogen) atoms. The number of urea groups is 1. The number of fused-ring (bicyclic) bond motifs is 1. The molecule has 0 aliphatic heterocycles. The molecule has 7 nitrogen and oxygen atoms in total. The molecule has 1 fully saturated rings. The molecule has 112 valence electrons. The largest absolute Gasteiger partial charge is 0.396 e. The first-order valence-corrected chi connectivity index (χ1v) is 7.26. The van der Waals surface area contributed by atoms with Gasteiger partial charge in [-0.2, -0.15) is 0 Å². The molecule has 0 bridgehead atoms. The van der Waals surface area contributed by atoms with Crippen molar-refractivity contribution in [3.63, 3.8) is 0 Å². The number of hydrogen-bond acceptors (Lipinski definition) is 4. The third-order valence-corrected chi connectivity index (χ3v) is 4.00. The fraction of sp³-hybridized carbons (Fsp3) is 0.500. The number of pyridine rings is 1. The number of aliphatic hydroxyl groups is 1. The minimum Gasteiger partial charge on any atom is -0.396 e. The van der Waals surface area contributed by atoms with Crippen molar-refractivity contribution in [2.75, 3.05) is 11.9 Å². The number of aliphatic hydroxyl groups excluding tert-OH is 1. The van der Waals surface area contributed by atoms with E-state index in [-0.39, 0.29) is 24.6 Å². The van der Waals surface area contributed by atoms with Crippen LogP contribution in [0.1, 0.15) is 25.7 Å². The summed E-state index contributed by atoms with van der Waals surface area (Å²) in [6.45, 7) is 0.110. The van der Waals surface area contributed by atoms with E-state index in [0.717, 1.165) is 25.7 Å². The molecule has 1 saturated carbocycles. The van der Waals surface area contributed by atoms with Crippen LogP contribution in [0.3, 0.4) is 0 Å². The van der Waals surface area contributed by atoms with Crippen molar-refractivity contribution in [2.24, 2.45) is 5.92 Å². The lowest BCUT2D eigenvalue weighted by Crippen LogP contribution is -2.45. The van der Waals surface area contributed by atoms with E-state index in [2.05, 4.69) is 20.8 Å². The lowest BCUT2D eigenvalue weighted by molar-refractivity contribution is 0.156. The molecule has 2 aromatic rings. The van der Waals surface area contributed by atoms with Crippen molar-refractivity contribution in [3.05, 3.63) is 24.4 Å². The number of nitrogens with zero attached hydrogens (tertiary/aromatic N) is 3. The predicted molar refractivity (Wildman–Crippen MR) is 78.0 cm³/mol. The number of amides is 2. The van der Waals surface area contributed by atoms with Crippen LogP contribution < -0.4 is 10.6 Å². The van der Waals surface area contributed by atoms with Crippen LogP contribution in [0, 0.1) is 5.92 Å². The lowest BCUT2D eigenvalue weighted by atomic mass is 9.85. The Morgan fingerprint density at radius 1 is 1.33 bits per heavy atom. The van der Waals surface area contributed by atoms with E-state index in [0.29, 0.717) is 11.6 Å². The topological polar surface area (TPSA) is 91.6 Å². The number of rotatable bonds is 3. The monoisotopic (exact) mass is 289 g/mol. The first-order valence-electron chi connectivity index (χ1n) is 7.26. The summed E-state index contributed by atoms with van der Waals surface area (Å²) in [5.41, 5.74) is 0.679.